The van der Waals surface area contributed by atoms with Crippen molar-refractivity contribution >= 4 is 35.3 Å². The van der Waals surface area contributed by atoms with E-state index in [1.165, 1.54) is 0 Å². The van der Waals surface area contributed by atoms with Crippen molar-refractivity contribution in [2.45, 2.75) is 6.04 Å². The molecule has 0 spiro atoms. The van der Waals surface area contributed by atoms with Crippen LogP contribution in [0.4, 0.5) is 0 Å². The molecular formula is C12H13Cl2NOS. The van der Waals surface area contributed by atoms with Crippen LogP contribution in [0.15, 0.2) is 35.7 Å². The summed E-state index contributed by atoms with van der Waals surface area (Å²) in [6.45, 7) is 0. The van der Waals surface area contributed by atoms with Gasteiger partial charge in [0.05, 0.1) is 18.2 Å². The number of nitrogens with two attached hydrogens (primary N) is 1. The van der Waals surface area contributed by atoms with Crippen molar-refractivity contribution in [3.8, 4) is 5.75 Å². The number of halogens is 2. The molecule has 2 rings (SSSR count). The van der Waals surface area contributed by atoms with Crippen LogP contribution in [0.2, 0.25) is 5.02 Å². The Balaban J connectivity index is 0.00000144. The van der Waals surface area contributed by atoms with Crippen LogP contribution in [0.1, 0.15) is 16.5 Å². The Kier molecular flexibility index (Phi) is 5.28. The maximum absolute atomic E-state index is 6.15. The van der Waals surface area contributed by atoms with Gasteiger partial charge in [-0.1, -0.05) is 23.7 Å². The van der Waals surface area contributed by atoms with Crippen molar-refractivity contribution in [3.63, 3.8) is 0 Å². The lowest BCUT2D eigenvalue weighted by atomic mass is 10.1. The fraction of sp³-hybridized carbons (Fsp3) is 0.167. The van der Waals surface area contributed by atoms with Crippen LogP contribution in [0, 0.1) is 0 Å². The zero-order valence-corrected chi connectivity index (χ0v) is 11.6. The van der Waals surface area contributed by atoms with Gasteiger partial charge in [0.15, 0.2) is 0 Å². The number of thiophene rings is 1. The Bertz CT molecular complexity index is 473. The minimum Gasteiger partial charge on any atom is -0.495 e. The standard InChI is InChI=1S/C12H12ClNOS.ClH/c1-15-10-7-8(4-5-9(10)13)12(14)11-3-2-6-16-11;/h2-7,12H,14H2,1H3;1H/t12-;/m0./s1. The smallest absolute Gasteiger partial charge is 0.137 e. The molecule has 1 atom stereocenters. The molecule has 17 heavy (non-hydrogen) atoms. The molecule has 2 N–H and O–H groups in total. The molecule has 0 bridgehead atoms. The van der Waals surface area contributed by atoms with Crippen LogP contribution in [-0.4, -0.2) is 7.11 Å². The van der Waals surface area contributed by atoms with E-state index in [1.54, 1.807) is 18.4 Å². The van der Waals surface area contributed by atoms with E-state index in [2.05, 4.69) is 0 Å². The fourth-order valence-electron chi connectivity index (χ4n) is 1.50. The molecule has 0 radical (unpaired) electrons. The summed E-state index contributed by atoms with van der Waals surface area (Å²) in [7, 11) is 1.60. The quantitative estimate of drug-likeness (QED) is 0.931. The van der Waals surface area contributed by atoms with Crippen LogP contribution >= 0.6 is 35.3 Å². The van der Waals surface area contributed by atoms with Gasteiger partial charge in [0.25, 0.3) is 0 Å². The zero-order valence-electron chi connectivity index (χ0n) is 9.22. The second-order valence-corrected chi connectivity index (χ2v) is 4.77. The number of methoxy groups -OCH3 is 1. The lowest BCUT2D eigenvalue weighted by molar-refractivity contribution is 0.414. The van der Waals surface area contributed by atoms with Gasteiger partial charge in [-0.25, -0.2) is 0 Å². The Morgan fingerprint density at radius 2 is 2.12 bits per heavy atom. The van der Waals surface area contributed by atoms with E-state index >= 15 is 0 Å². The predicted octanol–water partition coefficient (Wildman–Crippen LogP) is 3.88. The van der Waals surface area contributed by atoms with E-state index in [0.717, 1.165) is 10.4 Å². The summed E-state index contributed by atoms with van der Waals surface area (Å²) in [6, 6.07) is 9.51. The molecule has 1 heterocycles. The van der Waals surface area contributed by atoms with Gasteiger partial charge in [-0.2, -0.15) is 0 Å². The van der Waals surface area contributed by atoms with E-state index in [1.807, 2.05) is 35.7 Å². The van der Waals surface area contributed by atoms with Crippen molar-refractivity contribution in [2.75, 3.05) is 7.11 Å². The summed E-state index contributed by atoms with van der Waals surface area (Å²) in [4.78, 5) is 1.13. The number of hydrogen-bond acceptors (Lipinski definition) is 3. The van der Waals surface area contributed by atoms with Crippen molar-refractivity contribution in [1.82, 2.24) is 0 Å². The largest absolute Gasteiger partial charge is 0.495 e. The Morgan fingerprint density at radius 3 is 2.71 bits per heavy atom. The summed E-state index contributed by atoms with van der Waals surface area (Å²) in [5, 5.41) is 2.62. The van der Waals surface area contributed by atoms with E-state index < -0.39 is 0 Å². The van der Waals surface area contributed by atoms with Crippen LogP contribution in [0.25, 0.3) is 0 Å². The zero-order chi connectivity index (χ0) is 11.5. The first-order chi connectivity index (χ1) is 7.72. The first-order valence-electron chi connectivity index (χ1n) is 4.85. The van der Waals surface area contributed by atoms with E-state index in [9.17, 15) is 0 Å². The Morgan fingerprint density at radius 1 is 1.35 bits per heavy atom. The lowest BCUT2D eigenvalue weighted by Gasteiger charge is -2.12. The minimum absolute atomic E-state index is 0. The SMILES string of the molecule is COc1cc([C@H](N)c2cccs2)ccc1Cl.Cl. The number of rotatable bonds is 3. The predicted molar refractivity (Wildman–Crippen MR) is 75.6 cm³/mol. The molecule has 0 saturated carbocycles. The first-order valence-corrected chi connectivity index (χ1v) is 6.10. The van der Waals surface area contributed by atoms with Gasteiger partial charge in [-0.15, -0.1) is 23.7 Å². The number of hydrogen-bond donors (Lipinski definition) is 1. The van der Waals surface area contributed by atoms with E-state index in [4.69, 9.17) is 22.1 Å². The molecule has 2 nitrogen and oxygen atoms in total. The third-order valence-electron chi connectivity index (χ3n) is 2.38. The summed E-state index contributed by atoms with van der Waals surface area (Å²) >= 11 is 7.61. The normalized spacial score (nSPS) is 11.7. The highest BCUT2D eigenvalue weighted by Crippen LogP contribution is 2.30. The minimum atomic E-state index is -0.119. The second-order valence-electron chi connectivity index (χ2n) is 3.39. The highest BCUT2D eigenvalue weighted by atomic mass is 35.5. The molecule has 2 aromatic rings. The summed E-state index contributed by atoms with van der Waals surface area (Å²) in [6.07, 6.45) is 0. The van der Waals surface area contributed by atoms with Crippen LogP contribution in [0.3, 0.4) is 0 Å². The van der Waals surface area contributed by atoms with Gasteiger partial charge in [0.1, 0.15) is 5.75 Å². The fourth-order valence-corrected chi connectivity index (χ4v) is 2.45. The summed E-state index contributed by atoms with van der Waals surface area (Å²) in [5.41, 5.74) is 7.15. The molecule has 1 aromatic carbocycles. The molecular weight excluding hydrogens is 277 g/mol. The third kappa shape index (κ3) is 3.13. The maximum Gasteiger partial charge on any atom is 0.137 e. The van der Waals surface area contributed by atoms with Crippen molar-refractivity contribution < 1.29 is 4.74 Å². The summed E-state index contributed by atoms with van der Waals surface area (Å²) in [5.74, 6) is 0.658. The van der Waals surface area contributed by atoms with Crippen LogP contribution < -0.4 is 10.5 Å². The topological polar surface area (TPSA) is 35.2 Å². The molecule has 0 aliphatic heterocycles. The molecule has 1 aromatic heterocycles. The molecule has 5 heteroatoms. The second kappa shape index (κ2) is 6.26. The molecule has 0 aliphatic carbocycles. The van der Waals surface area contributed by atoms with Gasteiger partial charge in [0, 0.05) is 4.88 Å². The highest BCUT2D eigenvalue weighted by Gasteiger charge is 2.11. The highest BCUT2D eigenvalue weighted by molar-refractivity contribution is 7.10. The van der Waals surface area contributed by atoms with Gasteiger partial charge < -0.3 is 10.5 Å². The molecule has 0 saturated heterocycles. The maximum atomic E-state index is 6.15. The number of benzene rings is 1. The number of ether oxygens (including phenoxy) is 1. The summed E-state index contributed by atoms with van der Waals surface area (Å²) < 4.78 is 5.17. The molecule has 0 amide bonds. The van der Waals surface area contributed by atoms with Crippen molar-refractivity contribution in [2.24, 2.45) is 5.73 Å². The Labute approximate surface area is 116 Å². The molecule has 92 valence electrons. The third-order valence-corrected chi connectivity index (χ3v) is 3.65. The van der Waals surface area contributed by atoms with Crippen LogP contribution in [0.5, 0.6) is 5.75 Å². The first kappa shape index (κ1) is 14.3. The van der Waals surface area contributed by atoms with Crippen molar-refractivity contribution in [1.29, 1.82) is 0 Å². The monoisotopic (exact) mass is 289 g/mol. The lowest BCUT2D eigenvalue weighted by Crippen LogP contribution is -2.10. The van der Waals surface area contributed by atoms with Gasteiger partial charge >= 0.3 is 0 Å². The van der Waals surface area contributed by atoms with Crippen molar-refractivity contribution in [3.05, 3.63) is 51.2 Å². The average Bonchev–Trinajstić information content (AvgIpc) is 2.82. The Hall–Kier alpha value is -0.740. The average molecular weight is 290 g/mol. The molecule has 0 aliphatic rings. The van der Waals surface area contributed by atoms with E-state index in [0.29, 0.717) is 10.8 Å². The molecule has 0 fully saturated rings. The molecule has 0 unspecified atom stereocenters. The van der Waals surface area contributed by atoms with E-state index in [-0.39, 0.29) is 18.4 Å². The van der Waals surface area contributed by atoms with Gasteiger partial charge in [0.2, 0.25) is 0 Å². The van der Waals surface area contributed by atoms with Gasteiger partial charge in [-0.05, 0) is 29.1 Å². The van der Waals surface area contributed by atoms with Gasteiger partial charge in [-0.3, -0.25) is 0 Å². The van der Waals surface area contributed by atoms with Crippen LogP contribution in [-0.2, 0) is 0 Å².